The van der Waals surface area contributed by atoms with Crippen molar-refractivity contribution < 1.29 is 22.0 Å². The van der Waals surface area contributed by atoms with E-state index in [-0.39, 0.29) is 17.9 Å². The number of amides is 1. The van der Waals surface area contributed by atoms with Crippen molar-refractivity contribution in [1.29, 1.82) is 0 Å². The van der Waals surface area contributed by atoms with E-state index in [9.17, 15) is 22.0 Å². The van der Waals surface area contributed by atoms with E-state index < -0.39 is 27.6 Å². The number of carbonyl (C=O) groups excluding carboxylic acids is 1. The summed E-state index contributed by atoms with van der Waals surface area (Å²) in [7, 11) is -0.735. The SMILES string of the molecule is CN(C)S(=O)(=O)CCC(=O)Nc1ccc(F)c(F)c1. The molecule has 1 aromatic carbocycles. The minimum absolute atomic E-state index is 0.0751. The zero-order chi connectivity index (χ0) is 14.6. The van der Waals surface area contributed by atoms with Crippen LogP contribution < -0.4 is 5.32 Å². The van der Waals surface area contributed by atoms with Crippen molar-refractivity contribution in [3.05, 3.63) is 29.8 Å². The number of sulfonamides is 1. The van der Waals surface area contributed by atoms with Crippen molar-refractivity contribution in [2.45, 2.75) is 6.42 Å². The van der Waals surface area contributed by atoms with Crippen molar-refractivity contribution in [3.63, 3.8) is 0 Å². The van der Waals surface area contributed by atoms with Crippen LogP contribution in [0.15, 0.2) is 18.2 Å². The summed E-state index contributed by atoms with van der Waals surface area (Å²) < 4.78 is 49.4. The van der Waals surface area contributed by atoms with E-state index in [1.807, 2.05) is 0 Å². The third-order valence-electron chi connectivity index (χ3n) is 2.35. The summed E-state index contributed by atoms with van der Waals surface area (Å²) in [5, 5.41) is 2.29. The molecule has 19 heavy (non-hydrogen) atoms. The molecule has 1 aromatic rings. The van der Waals surface area contributed by atoms with Gasteiger partial charge in [0.05, 0.1) is 5.75 Å². The number of carbonyl (C=O) groups is 1. The fraction of sp³-hybridized carbons (Fsp3) is 0.364. The molecule has 106 valence electrons. The Balaban J connectivity index is 2.59. The highest BCUT2D eigenvalue weighted by Gasteiger charge is 2.16. The molecule has 0 unspecified atom stereocenters. The molecule has 1 amide bonds. The van der Waals surface area contributed by atoms with Crippen molar-refractivity contribution in [3.8, 4) is 0 Å². The number of hydrogen-bond acceptors (Lipinski definition) is 3. The van der Waals surface area contributed by atoms with Crippen LogP contribution in [0.2, 0.25) is 0 Å². The van der Waals surface area contributed by atoms with Gasteiger partial charge in [-0.25, -0.2) is 21.5 Å². The number of nitrogens with zero attached hydrogens (tertiary/aromatic N) is 1. The maximum absolute atomic E-state index is 12.9. The highest BCUT2D eigenvalue weighted by molar-refractivity contribution is 7.89. The van der Waals surface area contributed by atoms with E-state index in [4.69, 9.17) is 0 Å². The second-order valence-corrected chi connectivity index (χ2v) is 6.33. The Kier molecular flexibility index (Phi) is 4.96. The molecule has 0 aliphatic carbocycles. The lowest BCUT2D eigenvalue weighted by molar-refractivity contribution is -0.115. The predicted molar refractivity (Wildman–Crippen MR) is 67.1 cm³/mol. The molecule has 0 atom stereocenters. The van der Waals surface area contributed by atoms with Crippen LogP contribution in [-0.4, -0.2) is 38.5 Å². The number of anilines is 1. The molecule has 0 spiro atoms. The van der Waals surface area contributed by atoms with Gasteiger partial charge in [0.25, 0.3) is 0 Å². The molecule has 0 saturated heterocycles. The molecule has 0 bridgehead atoms. The molecule has 5 nitrogen and oxygen atoms in total. The molecular weight excluding hydrogens is 278 g/mol. The van der Waals surface area contributed by atoms with E-state index in [0.29, 0.717) is 0 Å². The molecule has 0 aromatic heterocycles. The Morgan fingerprint density at radius 1 is 1.26 bits per heavy atom. The molecule has 1 N–H and O–H groups in total. The van der Waals surface area contributed by atoms with Crippen LogP contribution in [0.25, 0.3) is 0 Å². The number of benzene rings is 1. The van der Waals surface area contributed by atoms with Crippen LogP contribution in [0.1, 0.15) is 6.42 Å². The van der Waals surface area contributed by atoms with Gasteiger partial charge in [0.2, 0.25) is 15.9 Å². The normalized spacial score (nSPS) is 11.6. The monoisotopic (exact) mass is 292 g/mol. The Morgan fingerprint density at radius 3 is 2.42 bits per heavy atom. The third kappa shape index (κ3) is 4.56. The van der Waals surface area contributed by atoms with E-state index >= 15 is 0 Å². The second kappa shape index (κ2) is 6.07. The minimum atomic E-state index is -3.46. The summed E-state index contributed by atoms with van der Waals surface area (Å²) >= 11 is 0. The second-order valence-electron chi connectivity index (χ2n) is 4.03. The third-order valence-corrected chi connectivity index (χ3v) is 4.18. The van der Waals surface area contributed by atoms with E-state index in [0.717, 1.165) is 16.4 Å². The number of halogens is 2. The van der Waals surface area contributed by atoms with Crippen LogP contribution in [-0.2, 0) is 14.8 Å². The maximum atomic E-state index is 12.9. The van der Waals surface area contributed by atoms with Crippen molar-refractivity contribution in [2.75, 3.05) is 25.2 Å². The first-order chi connectivity index (χ1) is 8.72. The molecule has 0 aliphatic rings. The highest BCUT2D eigenvalue weighted by Crippen LogP contribution is 2.13. The molecule has 0 fully saturated rings. The quantitative estimate of drug-likeness (QED) is 0.886. The summed E-state index contributed by atoms with van der Waals surface area (Å²) in [6.07, 6.45) is -0.264. The summed E-state index contributed by atoms with van der Waals surface area (Å²) in [6.45, 7) is 0. The average molecular weight is 292 g/mol. The van der Waals surface area contributed by atoms with E-state index in [1.54, 1.807) is 0 Å². The summed E-state index contributed by atoms with van der Waals surface area (Å²) in [5.41, 5.74) is 0.0751. The van der Waals surface area contributed by atoms with Gasteiger partial charge in [0, 0.05) is 32.3 Å². The van der Waals surface area contributed by atoms with Gasteiger partial charge in [0.15, 0.2) is 11.6 Å². The molecule has 0 saturated carbocycles. The lowest BCUT2D eigenvalue weighted by Gasteiger charge is -2.11. The lowest BCUT2D eigenvalue weighted by Crippen LogP contribution is -2.27. The van der Waals surface area contributed by atoms with Gasteiger partial charge >= 0.3 is 0 Å². The largest absolute Gasteiger partial charge is 0.326 e. The first kappa shape index (κ1) is 15.5. The molecule has 0 aliphatic heterocycles. The predicted octanol–water partition coefficient (Wildman–Crippen LogP) is 1.18. The first-order valence-electron chi connectivity index (χ1n) is 5.37. The van der Waals surface area contributed by atoms with Crippen molar-refractivity contribution in [2.24, 2.45) is 0 Å². The topological polar surface area (TPSA) is 66.5 Å². The fourth-order valence-corrected chi connectivity index (χ4v) is 2.01. The first-order valence-corrected chi connectivity index (χ1v) is 6.98. The molecule has 1 rings (SSSR count). The summed E-state index contributed by atoms with van der Waals surface area (Å²) in [5.74, 6) is -3.04. The average Bonchev–Trinajstić information content (AvgIpc) is 2.31. The van der Waals surface area contributed by atoms with Gasteiger partial charge in [-0.15, -0.1) is 0 Å². The molecule has 0 heterocycles. The van der Waals surface area contributed by atoms with Crippen LogP contribution in [0.4, 0.5) is 14.5 Å². The van der Waals surface area contributed by atoms with Gasteiger partial charge in [-0.05, 0) is 12.1 Å². The van der Waals surface area contributed by atoms with Crippen LogP contribution in [0.3, 0.4) is 0 Å². The lowest BCUT2D eigenvalue weighted by atomic mass is 10.3. The zero-order valence-electron chi connectivity index (χ0n) is 10.5. The number of hydrogen-bond donors (Lipinski definition) is 1. The Morgan fingerprint density at radius 2 is 1.89 bits per heavy atom. The van der Waals surface area contributed by atoms with Crippen LogP contribution in [0, 0.1) is 11.6 Å². The van der Waals surface area contributed by atoms with Gasteiger partial charge in [0.1, 0.15) is 0 Å². The fourth-order valence-electron chi connectivity index (χ4n) is 1.20. The van der Waals surface area contributed by atoms with E-state index in [1.165, 1.54) is 20.2 Å². The zero-order valence-corrected chi connectivity index (χ0v) is 11.3. The molecular formula is C11H14F2N2O3S. The van der Waals surface area contributed by atoms with Crippen LogP contribution in [0.5, 0.6) is 0 Å². The smallest absolute Gasteiger partial charge is 0.225 e. The molecule has 0 radical (unpaired) electrons. The Bertz CT molecular complexity index is 573. The summed E-state index contributed by atoms with van der Waals surface area (Å²) in [6, 6.07) is 2.89. The number of rotatable bonds is 5. The van der Waals surface area contributed by atoms with Gasteiger partial charge in [-0.3, -0.25) is 4.79 Å². The van der Waals surface area contributed by atoms with Gasteiger partial charge < -0.3 is 5.32 Å². The Labute approximate surface area is 110 Å². The van der Waals surface area contributed by atoms with Crippen molar-refractivity contribution >= 4 is 21.6 Å². The van der Waals surface area contributed by atoms with E-state index in [2.05, 4.69) is 5.32 Å². The standard InChI is InChI=1S/C11H14F2N2O3S/c1-15(2)19(17,18)6-5-11(16)14-8-3-4-9(12)10(13)7-8/h3-4,7H,5-6H2,1-2H3,(H,14,16). The Hall–Kier alpha value is -1.54. The van der Waals surface area contributed by atoms with Crippen molar-refractivity contribution in [1.82, 2.24) is 4.31 Å². The highest BCUT2D eigenvalue weighted by atomic mass is 32.2. The maximum Gasteiger partial charge on any atom is 0.225 e. The van der Waals surface area contributed by atoms with Gasteiger partial charge in [-0.2, -0.15) is 0 Å². The minimum Gasteiger partial charge on any atom is -0.326 e. The summed E-state index contributed by atoms with van der Waals surface area (Å²) in [4.78, 5) is 11.5. The molecule has 8 heteroatoms. The van der Waals surface area contributed by atoms with Crippen LogP contribution >= 0.6 is 0 Å². The number of nitrogens with one attached hydrogen (secondary N) is 1. The van der Waals surface area contributed by atoms with Gasteiger partial charge in [-0.1, -0.05) is 0 Å².